The molecule has 0 saturated heterocycles. The number of carbonyl (C=O) groups excluding carboxylic acids is 1. The maximum Gasteiger partial charge on any atom is 0.188 e. The minimum absolute atomic E-state index is 0.0918. The van der Waals surface area contributed by atoms with Gasteiger partial charge in [0.05, 0.1) is 13.7 Å². The van der Waals surface area contributed by atoms with Gasteiger partial charge in [0.25, 0.3) is 0 Å². The van der Waals surface area contributed by atoms with E-state index in [4.69, 9.17) is 18.9 Å². The fraction of sp³-hybridized carbons (Fsp3) is 0.316. The number of carbonyl (C=O) groups is 1. The van der Waals surface area contributed by atoms with Crippen LogP contribution in [-0.2, 0) is 4.74 Å². The molecule has 0 aliphatic heterocycles. The first-order valence-corrected chi connectivity index (χ1v) is 7.76. The van der Waals surface area contributed by atoms with Crippen LogP contribution in [0.4, 0.5) is 0 Å². The van der Waals surface area contributed by atoms with Crippen molar-refractivity contribution in [3.8, 4) is 28.4 Å². The molecule has 0 spiro atoms. The molecule has 0 aliphatic rings. The van der Waals surface area contributed by atoms with Gasteiger partial charge in [0.1, 0.15) is 17.2 Å². The summed E-state index contributed by atoms with van der Waals surface area (Å²) in [6, 6.07) is 10.8. The lowest BCUT2D eigenvalue weighted by atomic mass is 9.98. The van der Waals surface area contributed by atoms with Crippen LogP contribution in [0.5, 0.6) is 17.2 Å². The van der Waals surface area contributed by atoms with Gasteiger partial charge in [-0.15, -0.1) is 0 Å². The summed E-state index contributed by atoms with van der Waals surface area (Å²) in [7, 11) is 3.14. The molecule has 0 radical (unpaired) electrons. The highest BCUT2D eigenvalue weighted by Crippen LogP contribution is 2.40. The minimum atomic E-state index is 0.0918. The SMILES string of the molecule is CCCOc1cccc(C=O)c1-c1ccc(OC)cc1OCOC. The average Bonchev–Trinajstić information content (AvgIpc) is 2.64. The second-order valence-electron chi connectivity index (χ2n) is 5.10. The van der Waals surface area contributed by atoms with Crippen LogP contribution < -0.4 is 14.2 Å². The molecule has 5 heteroatoms. The van der Waals surface area contributed by atoms with Crippen LogP contribution in [-0.4, -0.2) is 33.9 Å². The van der Waals surface area contributed by atoms with E-state index in [-0.39, 0.29) is 6.79 Å². The maximum absolute atomic E-state index is 11.5. The Bertz CT molecular complexity index is 681. The third kappa shape index (κ3) is 4.06. The summed E-state index contributed by atoms with van der Waals surface area (Å²) in [6.07, 6.45) is 1.69. The number of hydrogen-bond acceptors (Lipinski definition) is 5. The first kappa shape index (κ1) is 17.8. The van der Waals surface area contributed by atoms with Crippen LogP contribution in [0.2, 0.25) is 0 Å². The molecule has 5 nitrogen and oxygen atoms in total. The molecule has 2 rings (SSSR count). The van der Waals surface area contributed by atoms with Crippen LogP contribution in [0.3, 0.4) is 0 Å². The number of rotatable bonds is 9. The van der Waals surface area contributed by atoms with Gasteiger partial charge in [0.2, 0.25) is 0 Å². The van der Waals surface area contributed by atoms with Gasteiger partial charge in [-0.25, -0.2) is 0 Å². The lowest BCUT2D eigenvalue weighted by Crippen LogP contribution is -2.03. The molecule has 0 heterocycles. The second-order valence-corrected chi connectivity index (χ2v) is 5.10. The van der Waals surface area contributed by atoms with Crippen molar-refractivity contribution in [2.24, 2.45) is 0 Å². The van der Waals surface area contributed by atoms with Gasteiger partial charge in [0.15, 0.2) is 13.1 Å². The molecule has 0 N–H and O–H groups in total. The zero-order valence-electron chi connectivity index (χ0n) is 14.2. The molecule has 0 unspecified atom stereocenters. The Kier molecular flexibility index (Phi) is 6.63. The summed E-state index contributed by atoms with van der Waals surface area (Å²) < 4.78 is 21.7. The molecule has 128 valence electrons. The standard InChI is InChI=1S/C19H22O5/c1-4-10-23-17-7-5-6-14(12-20)19(17)16-9-8-15(22-3)11-18(16)24-13-21-2/h5-9,11-12H,4,10,13H2,1-3H3. The smallest absolute Gasteiger partial charge is 0.188 e. The normalized spacial score (nSPS) is 10.3. The van der Waals surface area contributed by atoms with Gasteiger partial charge in [0, 0.05) is 29.9 Å². The van der Waals surface area contributed by atoms with Crippen molar-refractivity contribution in [1.82, 2.24) is 0 Å². The van der Waals surface area contributed by atoms with Gasteiger partial charge in [-0.05, 0) is 24.6 Å². The van der Waals surface area contributed by atoms with Crippen LogP contribution in [0, 0.1) is 0 Å². The molecule has 0 amide bonds. The Hall–Kier alpha value is -2.53. The Morgan fingerprint density at radius 2 is 1.88 bits per heavy atom. The maximum atomic E-state index is 11.5. The second kappa shape index (κ2) is 8.93. The van der Waals surface area contributed by atoms with Gasteiger partial charge >= 0.3 is 0 Å². The van der Waals surface area contributed by atoms with E-state index >= 15 is 0 Å². The predicted molar refractivity (Wildman–Crippen MR) is 92.1 cm³/mol. The lowest BCUT2D eigenvalue weighted by Gasteiger charge is -2.17. The van der Waals surface area contributed by atoms with Crippen molar-refractivity contribution >= 4 is 6.29 Å². The largest absolute Gasteiger partial charge is 0.497 e. The fourth-order valence-electron chi connectivity index (χ4n) is 2.34. The third-order valence-electron chi connectivity index (χ3n) is 3.44. The van der Waals surface area contributed by atoms with Crippen molar-refractivity contribution in [1.29, 1.82) is 0 Å². The van der Waals surface area contributed by atoms with E-state index in [1.807, 2.05) is 25.1 Å². The molecule has 2 aromatic carbocycles. The van der Waals surface area contributed by atoms with E-state index in [2.05, 4.69) is 0 Å². The van der Waals surface area contributed by atoms with E-state index in [0.29, 0.717) is 35.0 Å². The van der Waals surface area contributed by atoms with Crippen LogP contribution in [0.1, 0.15) is 23.7 Å². The van der Waals surface area contributed by atoms with Gasteiger partial charge in [-0.3, -0.25) is 4.79 Å². The molecule has 0 aromatic heterocycles. The highest BCUT2D eigenvalue weighted by atomic mass is 16.7. The molecule has 0 atom stereocenters. The minimum Gasteiger partial charge on any atom is -0.497 e. The summed E-state index contributed by atoms with van der Waals surface area (Å²) in [5, 5.41) is 0. The Morgan fingerprint density at radius 1 is 1.04 bits per heavy atom. The van der Waals surface area contributed by atoms with Crippen LogP contribution in [0.15, 0.2) is 36.4 Å². The van der Waals surface area contributed by atoms with Crippen molar-refractivity contribution in [2.75, 3.05) is 27.6 Å². The number of hydrogen-bond donors (Lipinski definition) is 0. The van der Waals surface area contributed by atoms with Gasteiger partial charge < -0.3 is 18.9 Å². The molecule has 24 heavy (non-hydrogen) atoms. The van der Waals surface area contributed by atoms with Crippen molar-refractivity contribution in [3.05, 3.63) is 42.0 Å². The topological polar surface area (TPSA) is 54.0 Å². The Labute approximate surface area is 142 Å². The van der Waals surface area contributed by atoms with Crippen LogP contribution >= 0.6 is 0 Å². The van der Waals surface area contributed by atoms with Gasteiger partial charge in [-0.1, -0.05) is 19.1 Å². The predicted octanol–water partition coefficient (Wildman–Crippen LogP) is 3.95. The fourth-order valence-corrected chi connectivity index (χ4v) is 2.34. The van der Waals surface area contributed by atoms with E-state index in [1.54, 1.807) is 32.4 Å². The van der Waals surface area contributed by atoms with Crippen molar-refractivity contribution in [2.45, 2.75) is 13.3 Å². The average molecular weight is 330 g/mol. The van der Waals surface area contributed by atoms with Crippen molar-refractivity contribution in [3.63, 3.8) is 0 Å². The summed E-state index contributed by atoms with van der Waals surface area (Å²) in [4.78, 5) is 11.5. The molecule has 0 saturated carbocycles. The highest BCUT2D eigenvalue weighted by Gasteiger charge is 2.17. The third-order valence-corrected chi connectivity index (χ3v) is 3.44. The molecular formula is C19H22O5. The summed E-state index contributed by atoms with van der Waals surface area (Å²) in [5.41, 5.74) is 1.99. The summed E-state index contributed by atoms with van der Waals surface area (Å²) >= 11 is 0. The Balaban J connectivity index is 2.58. The quantitative estimate of drug-likeness (QED) is 0.515. The molecular weight excluding hydrogens is 308 g/mol. The van der Waals surface area contributed by atoms with Gasteiger partial charge in [-0.2, -0.15) is 0 Å². The number of methoxy groups -OCH3 is 2. The van der Waals surface area contributed by atoms with E-state index in [1.165, 1.54) is 0 Å². The number of benzene rings is 2. The molecule has 0 aliphatic carbocycles. The highest BCUT2D eigenvalue weighted by molar-refractivity contribution is 5.92. The summed E-state index contributed by atoms with van der Waals surface area (Å²) in [5.74, 6) is 1.87. The van der Waals surface area contributed by atoms with Crippen LogP contribution in [0.25, 0.3) is 11.1 Å². The first-order valence-electron chi connectivity index (χ1n) is 7.76. The lowest BCUT2D eigenvalue weighted by molar-refractivity contribution is 0.0514. The van der Waals surface area contributed by atoms with E-state index in [0.717, 1.165) is 18.3 Å². The molecule has 0 fully saturated rings. The zero-order valence-corrected chi connectivity index (χ0v) is 14.2. The van der Waals surface area contributed by atoms with Crippen molar-refractivity contribution < 1.29 is 23.7 Å². The first-order chi connectivity index (χ1) is 11.7. The zero-order chi connectivity index (χ0) is 17.4. The summed E-state index contributed by atoms with van der Waals surface area (Å²) in [6.45, 7) is 2.69. The van der Waals surface area contributed by atoms with E-state index < -0.39 is 0 Å². The number of ether oxygens (including phenoxy) is 4. The monoisotopic (exact) mass is 330 g/mol. The number of aldehydes is 1. The van der Waals surface area contributed by atoms with E-state index in [9.17, 15) is 4.79 Å². The Morgan fingerprint density at radius 3 is 2.54 bits per heavy atom. The molecule has 0 bridgehead atoms. The molecule has 2 aromatic rings.